The van der Waals surface area contributed by atoms with Crippen molar-refractivity contribution in [1.29, 1.82) is 0 Å². The molecule has 2 aromatic carbocycles. The van der Waals surface area contributed by atoms with E-state index in [9.17, 15) is 0 Å². The van der Waals surface area contributed by atoms with E-state index in [0.29, 0.717) is 11.8 Å². The summed E-state index contributed by atoms with van der Waals surface area (Å²) < 4.78 is 0. The molecule has 2 heteroatoms. The van der Waals surface area contributed by atoms with Crippen LogP contribution in [-0.4, -0.2) is 9.97 Å². The number of hydrogen-bond acceptors (Lipinski definition) is 2. The van der Waals surface area contributed by atoms with Gasteiger partial charge in [0.2, 0.25) is 0 Å². The van der Waals surface area contributed by atoms with Crippen LogP contribution in [0.2, 0.25) is 0 Å². The first-order valence-electron chi connectivity index (χ1n) is 12.9. The summed E-state index contributed by atoms with van der Waals surface area (Å²) >= 11 is 0. The summed E-state index contributed by atoms with van der Waals surface area (Å²) in [4.78, 5) is 9.15. The van der Waals surface area contributed by atoms with Crippen LogP contribution in [0.3, 0.4) is 0 Å². The van der Waals surface area contributed by atoms with Crippen molar-refractivity contribution in [3.63, 3.8) is 0 Å². The van der Waals surface area contributed by atoms with Crippen molar-refractivity contribution in [3.8, 4) is 11.4 Å². The van der Waals surface area contributed by atoms with Crippen LogP contribution in [0, 0.1) is 11.8 Å². The third kappa shape index (κ3) is 7.61. The minimum Gasteiger partial charge on any atom is -0.255 e. The van der Waals surface area contributed by atoms with E-state index in [1.54, 1.807) is 0 Å². The molecule has 2 aromatic heterocycles. The summed E-state index contributed by atoms with van der Waals surface area (Å²) in [6, 6.07) is 25.9. The molecule has 0 unspecified atom stereocenters. The zero-order valence-corrected chi connectivity index (χ0v) is 21.9. The van der Waals surface area contributed by atoms with Crippen molar-refractivity contribution in [1.82, 2.24) is 9.97 Å². The molecule has 0 saturated carbocycles. The lowest BCUT2D eigenvalue weighted by molar-refractivity contribution is 0.647. The maximum Gasteiger partial charge on any atom is 0.0892 e. The Bertz CT molecular complexity index is 1210. The largest absolute Gasteiger partial charge is 0.255 e. The van der Waals surface area contributed by atoms with Crippen molar-refractivity contribution in [2.75, 3.05) is 0 Å². The molecule has 2 heterocycles. The van der Waals surface area contributed by atoms with E-state index in [1.807, 2.05) is 24.5 Å². The van der Waals surface area contributed by atoms with Crippen LogP contribution in [0.5, 0.6) is 0 Å². The molecular weight excluding hydrogens is 436 g/mol. The number of rotatable bonds is 9. The van der Waals surface area contributed by atoms with Gasteiger partial charge in [-0.3, -0.25) is 9.97 Å². The van der Waals surface area contributed by atoms with Gasteiger partial charge in [-0.1, -0.05) is 101 Å². The standard InChI is InChI=1S/C34H36N2/c1-25(2)21-29-11-5-27(6-12-29)9-15-31-17-19-35-33(23-31)34-24-32(18-20-36-34)16-10-28-7-13-30(14-8-28)22-26(3)4/h5-20,23-26H,21-22H2,1-4H3. The minimum atomic E-state index is 0.672. The lowest BCUT2D eigenvalue weighted by atomic mass is 10.0. The Morgan fingerprint density at radius 1 is 0.500 bits per heavy atom. The molecule has 36 heavy (non-hydrogen) atoms. The Morgan fingerprint density at radius 3 is 1.22 bits per heavy atom. The predicted molar refractivity (Wildman–Crippen MR) is 155 cm³/mol. The zero-order valence-electron chi connectivity index (χ0n) is 21.9. The van der Waals surface area contributed by atoms with Crippen molar-refractivity contribution < 1.29 is 0 Å². The second kappa shape index (κ2) is 12.3. The molecule has 0 spiro atoms. The van der Waals surface area contributed by atoms with E-state index >= 15 is 0 Å². The van der Waals surface area contributed by atoms with Crippen LogP contribution >= 0.6 is 0 Å². The van der Waals surface area contributed by atoms with Gasteiger partial charge >= 0.3 is 0 Å². The molecule has 0 aliphatic carbocycles. The monoisotopic (exact) mass is 472 g/mol. The quantitative estimate of drug-likeness (QED) is 0.243. The van der Waals surface area contributed by atoms with Gasteiger partial charge in [0, 0.05) is 12.4 Å². The molecule has 2 nitrogen and oxygen atoms in total. The van der Waals surface area contributed by atoms with Gasteiger partial charge in [0.05, 0.1) is 11.4 Å². The molecule has 0 fully saturated rings. The van der Waals surface area contributed by atoms with Crippen LogP contribution < -0.4 is 0 Å². The molecule has 4 aromatic rings. The van der Waals surface area contributed by atoms with E-state index < -0.39 is 0 Å². The third-order valence-corrected chi connectivity index (χ3v) is 6.01. The number of aromatic nitrogens is 2. The van der Waals surface area contributed by atoms with Crippen molar-refractivity contribution in [2.24, 2.45) is 11.8 Å². The van der Waals surface area contributed by atoms with Crippen LogP contribution in [0.15, 0.2) is 85.2 Å². The number of nitrogens with zero attached hydrogens (tertiary/aromatic N) is 2. The molecule has 0 N–H and O–H groups in total. The van der Waals surface area contributed by atoms with Gasteiger partial charge in [-0.2, -0.15) is 0 Å². The molecule has 0 radical (unpaired) electrons. The second-order valence-corrected chi connectivity index (χ2v) is 10.3. The Hall–Kier alpha value is -3.78. The highest BCUT2D eigenvalue weighted by atomic mass is 14.8. The van der Waals surface area contributed by atoms with Crippen LogP contribution in [-0.2, 0) is 12.8 Å². The minimum absolute atomic E-state index is 0.672. The first-order chi connectivity index (χ1) is 17.4. The molecular formula is C34H36N2. The number of pyridine rings is 2. The number of benzene rings is 2. The Balaban J connectivity index is 1.45. The molecule has 0 bridgehead atoms. The van der Waals surface area contributed by atoms with Gasteiger partial charge in [-0.05, 0) is 82.3 Å². The van der Waals surface area contributed by atoms with E-state index in [-0.39, 0.29) is 0 Å². The molecule has 0 saturated heterocycles. The fourth-order valence-electron chi connectivity index (χ4n) is 4.24. The van der Waals surface area contributed by atoms with Gasteiger partial charge in [0.25, 0.3) is 0 Å². The average molecular weight is 473 g/mol. The lowest BCUT2D eigenvalue weighted by Crippen LogP contribution is -1.93. The maximum absolute atomic E-state index is 4.58. The highest BCUT2D eigenvalue weighted by Gasteiger charge is 2.03. The first kappa shape index (κ1) is 25.3. The van der Waals surface area contributed by atoms with Crippen molar-refractivity contribution >= 4 is 24.3 Å². The van der Waals surface area contributed by atoms with Crippen molar-refractivity contribution in [2.45, 2.75) is 40.5 Å². The summed E-state index contributed by atoms with van der Waals surface area (Å²) in [7, 11) is 0. The first-order valence-corrected chi connectivity index (χ1v) is 12.9. The Morgan fingerprint density at radius 2 is 0.861 bits per heavy atom. The topological polar surface area (TPSA) is 25.8 Å². The van der Waals surface area contributed by atoms with Gasteiger partial charge in [0.1, 0.15) is 0 Å². The van der Waals surface area contributed by atoms with Gasteiger partial charge in [-0.25, -0.2) is 0 Å². The highest BCUT2D eigenvalue weighted by Crippen LogP contribution is 2.20. The molecule has 182 valence electrons. The van der Waals surface area contributed by atoms with Crippen LogP contribution in [0.4, 0.5) is 0 Å². The predicted octanol–water partition coefficient (Wildman–Crippen LogP) is 8.88. The van der Waals surface area contributed by atoms with Crippen LogP contribution in [0.25, 0.3) is 35.7 Å². The normalized spacial score (nSPS) is 11.8. The zero-order chi connectivity index (χ0) is 25.3. The molecule has 0 atom stereocenters. The molecule has 0 amide bonds. The smallest absolute Gasteiger partial charge is 0.0892 e. The Labute approximate surface area is 216 Å². The Kier molecular flexibility index (Phi) is 8.62. The summed E-state index contributed by atoms with van der Waals surface area (Å²) in [5, 5.41) is 0. The fourth-order valence-corrected chi connectivity index (χ4v) is 4.24. The van der Waals surface area contributed by atoms with E-state index in [1.165, 1.54) is 22.3 Å². The van der Waals surface area contributed by atoms with E-state index in [4.69, 9.17) is 0 Å². The number of hydrogen-bond donors (Lipinski definition) is 0. The maximum atomic E-state index is 4.58. The lowest BCUT2D eigenvalue weighted by Gasteiger charge is -2.05. The third-order valence-electron chi connectivity index (χ3n) is 6.01. The summed E-state index contributed by atoms with van der Waals surface area (Å²) in [6.45, 7) is 9.01. The van der Waals surface area contributed by atoms with Crippen molar-refractivity contribution in [3.05, 3.63) is 119 Å². The summed E-state index contributed by atoms with van der Waals surface area (Å²) in [6.07, 6.45) is 14.5. The van der Waals surface area contributed by atoms with Crippen LogP contribution in [0.1, 0.15) is 61.1 Å². The molecule has 4 rings (SSSR count). The summed E-state index contributed by atoms with van der Waals surface area (Å²) in [5.74, 6) is 1.34. The summed E-state index contributed by atoms with van der Waals surface area (Å²) in [5.41, 5.74) is 9.13. The van der Waals surface area contributed by atoms with Gasteiger partial charge < -0.3 is 0 Å². The van der Waals surface area contributed by atoms with Gasteiger partial charge in [0.15, 0.2) is 0 Å². The highest BCUT2D eigenvalue weighted by molar-refractivity contribution is 5.74. The van der Waals surface area contributed by atoms with Gasteiger partial charge in [-0.15, -0.1) is 0 Å². The fraction of sp³-hybridized carbons (Fsp3) is 0.235. The molecule has 0 aliphatic rings. The molecule has 0 aliphatic heterocycles. The SMILES string of the molecule is CC(C)Cc1ccc(C=Cc2ccnc(-c3cc(C=Cc4ccc(CC(C)C)cc4)ccn3)c2)cc1. The second-order valence-electron chi connectivity index (χ2n) is 10.3. The van der Waals surface area contributed by atoms with E-state index in [0.717, 1.165) is 35.4 Å². The average Bonchev–Trinajstić information content (AvgIpc) is 2.88. The van der Waals surface area contributed by atoms with E-state index in [2.05, 4.69) is 123 Å².